The first kappa shape index (κ1) is 18.0. The normalized spacial score (nSPS) is 22.2. The van der Waals surface area contributed by atoms with Gasteiger partial charge in [0, 0.05) is 25.2 Å². The van der Waals surface area contributed by atoms with Crippen molar-refractivity contribution in [3.63, 3.8) is 0 Å². The highest BCUT2D eigenvalue weighted by atomic mass is 16.2. The summed E-state index contributed by atoms with van der Waals surface area (Å²) in [5.74, 6) is 0.236. The number of nitrogens with zero attached hydrogens (tertiary/aromatic N) is 4. The highest BCUT2D eigenvalue weighted by Crippen LogP contribution is 2.20. The summed E-state index contributed by atoms with van der Waals surface area (Å²) in [5.41, 5.74) is 2.15. The number of carbonyl (C=O) groups excluding carboxylic acids is 2. The molecule has 0 aliphatic carbocycles. The first-order chi connectivity index (χ1) is 12.0. The molecule has 0 radical (unpaired) electrons. The number of piperidine rings is 1. The van der Waals surface area contributed by atoms with Crippen molar-refractivity contribution in [2.75, 3.05) is 19.6 Å². The quantitative estimate of drug-likeness (QED) is 0.840. The third-order valence-electron chi connectivity index (χ3n) is 5.43. The van der Waals surface area contributed by atoms with Gasteiger partial charge in [-0.1, -0.05) is 6.42 Å². The van der Waals surface area contributed by atoms with Crippen LogP contribution in [0.4, 0.5) is 0 Å². The SMILES string of the molecule is Cc1cc(C)n(CC2CCCCN2C(=O)CN2CCCCCC2=O)n1. The van der Waals surface area contributed by atoms with Crippen LogP contribution in [0.1, 0.15) is 56.3 Å². The molecule has 0 spiro atoms. The third-order valence-corrected chi connectivity index (χ3v) is 5.43. The van der Waals surface area contributed by atoms with Gasteiger partial charge < -0.3 is 9.80 Å². The molecule has 1 aromatic heterocycles. The third kappa shape index (κ3) is 4.41. The average molecular weight is 346 g/mol. The minimum absolute atomic E-state index is 0.0986. The summed E-state index contributed by atoms with van der Waals surface area (Å²) < 4.78 is 2.02. The number of likely N-dealkylation sites (tertiary alicyclic amines) is 2. The van der Waals surface area contributed by atoms with Crippen molar-refractivity contribution in [2.24, 2.45) is 0 Å². The number of rotatable bonds is 4. The van der Waals surface area contributed by atoms with Crippen LogP contribution in [0.25, 0.3) is 0 Å². The van der Waals surface area contributed by atoms with E-state index in [0.717, 1.165) is 69.5 Å². The molecule has 2 saturated heterocycles. The molecule has 2 fully saturated rings. The summed E-state index contributed by atoms with van der Waals surface area (Å²) in [6, 6.07) is 2.26. The van der Waals surface area contributed by atoms with Crippen molar-refractivity contribution in [1.82, 2.24) is 19.6 Å². The van der Waals surface area contributed by atoms with Crippen LogP contribution in [-0.2, 0) is 16.1 Å². The second kappa shape index (κ2) is 8.02. The molecule has 3 rings (SSSR count). The van der Waals surface area contributed by atoms with Gasteiger partial charge in [-0.25, -0.2) is 0 Å². The average Bonchev–Trinajstić information content (AvgIpc) is 2.77. The Hall–Kier alpha value is -1.85. The minimum Gasteiger partial charge on any atom is -0.336 e. The fourth-order valence-corrected chi connectivity index (χ4v) is 4.04. The fraction of sp³-hybridized carbons (Fsp3) is 0.737. The Labute approximate surface area is 150 Å². The first-order valence-corrected chi connectivity index (χ1v) is 9.63. The maximum absolute atomic E-state index is 12.9. The summed E-state index contributed by atoms with van der Waals surface area (Å²) in [7, 11) is 0. The van der Waals surface area contributed by atoms with Crippen LogP contribution in [0.5, 0.6) is 0 Å². The van der Waals surface area contributed by atoms with E-state index in [1.165, 1.54) is 0 Å². The Morgan fingerprint density at radius 3 is 2.72 bits per heavy atom. The zero-order chi connectivity index (χ0) is 17.8. The Bertz CT molecular complexity index is 625. The Kier molecular flexibility index (Phi) is 5.76. The molecule has 2 aliphatic rings. The lowest BCUT2D eigenvalue weighted by atomic mass is 10.0. The van der Waals surface area contributed by atoms with Crippen molar-refractivity contribution in [3.8, 4) is 0 Å². The Morgan fingerprint density at radius 1 is 1.16 bits per heavy atom. The number of aromatic nitrogens is 2. The number of hydrogen-bond donors (Lipinski definition) is 0. The van der Waals surface area contributed by atoms with Crippen LogP contribution in [0.2, 0.25) is 0 Å². The lowest BCUT2D eigenvalue weighted by Crippen LogP contribution is -2.50. The smallest absolute Gasteiger partial charge is 0.242 e. The molecule has 2 aliphatic heterocycles. The van der Waals surface area contributed by atoms with E-state index in [2.05, 4.69) is 18.1 Å². The van der Waals surface area contributed by atoms with Gasteiger partial charge >= 0.3 is 0 Å². The molecule has 3 heterocycles. The Balaban J connectivity index is 1.66. The van der Waals surface area contributed by atoms with Crippen LogP contribution in [0.15, 0.2) is 6.07 Å². The van der Waals surface area contributed by atoms with Crippen LogP contribution < -0.4 is 0 Å². The van der Waals surface area contributed by atoms with E-state index in [4.69, 9.17) is 0 Å². The number of amides is 2. The van der Waals surface area contributed by atoms with Crippen LogP contribution >= 0.6 is 0 Å². The summed E-state index contributed by atoms with van der Waals surface area (Å²) in [5, 5.41) is 4.55. The van der Waals surface area contributed by atoms with Crippen LogP contribution in [0.3, 0.4) is 0 Å². The molecule has 1 atom stereocenters. The highest BCUT2D eigenvalue weighted by molar-refractivity contribution is 5.85. The molecule has 138 valence electrons. The van der Waals surface area contributed by atoms with Gasteiger partial charge in [0.1, 0.15) is 0 Å². The van der Waals surface area contributed by atoms with Crippen molar-refractivity contribution in [1.29, 1.82) is 0 Å². The van der Waals surface area contributed by atoms with Gasteiger partial charge in [0.05, 0.1) is 24.8 Å². The lowest BCUT2D eigenvalue weighted by molar-refractivity contribution is -0.142. The molecule has 0 bridgehead atoms. The summed E-state index contributed by atoms with van der Waals surface area (Å²) in [6.45, 7) is 6.57. The topological polar surface area (TPSA) is 58.4 Å². The number of hydrogen-bond acceptors (Lipinski definition) is 3. The van der Waals surface area contributed by atoms with E-state index < -0.39 is 0 Å². The van der Waals surface area contributed by atoms with Crippen LogP contribution in [0, 0.1) is 13.8 Å². The van der Waals surface area contributed by atoms with E-state index in [1.807, 2.05) is 16.5 Å². The molecule has 25 heavy (non-hydrogen) atoms. The van der Waals surface area contributed by atoms with Gasteiger partial charge in [0.2, 0.25) is 11.8 Å². The zero-order valence-corrected chi connectivity index (χ0v) is 15.5. The summed E-state index contributed by atoms with van der Waals surface area (Å²) in [6.07, 6.45) is 6.84. The Morgan fingerprint density at radius 2 is 1.96 bits per heavy atom. The zero-order valence-electron chi connectivity index (χ0n) is 15.5. The van der Waals surface area contributed by atoms with Gasteiger partial charge in [0.15, 0.2) is 0 Å². The van der Waals surface area contributed by atoms with E-state index in [9.17, 15) is 9.59 Å². The molecule has 2 amide bonds. The first-order valence-electron chi connectivity index (χ1n) is 9.63. The number of aryl methyl sites for hydroxylation is 2. The second-order valence-corrected chi connectivity index (χ2v) is 7.47. The number of carbonyl (C=O) groups is 2. The molecule has 6 nitrogen and oxygen atoms in total. The fourth-order valence-electron chi connectivity index (χ4n) is 4.04. The van der Waals surface area contributed by atoms with Crippen molar-refractivity contribution in [3.05, 3.63) is 17.5 Å². The summed E-state index contributed by atoms with van der Waals surface area (Å²) >= 11 is 0. The van der Waals surface area contributed by atoms with Gasteiger partial charge in [0.25, 0.3) is 0 Å². The lowest BCUT2D eigenvalue weighted by Gasteiger charge is -2.37. The van der Waals surface area contributed by atoms with E-state index in [1.54, 1.807) is 4.90 Å². The molecular formula is C19H30N4O2. The van der Waals surface area contributed by atoms with Gasteiger partial charge in [-0.15, -0.1) is 0 Å². The largest absolute Gasteiger partial charge is 0.336 e. The molecule has 1 unspecified atom stereocenters. The highest BCUT2D eigenvalue weighted by Gasteiger charge is 2.29. The molecule has 0 saturated carbocycles. The van der Waals surface area contributed by atoms with Crippen molar-refractivity contribution < 1.29 is 9.59 Å². The second-order valence-electron chi connectivity index (χ2n) is 7.47. The maximum atomic E-state index is 12.9. The van der Waals surface area contributed by atoms with Gasteiger partial charge in [-0.05, 0) is 52.0 Å². The molecule has 1 aromatic rings. The monoisotopic (exact) mass is 346 g/mol. The maximum Gasteiger partial charge on any atom is 0.242 e. The van der Waals surface area contributed by atoms with Gasteiger partial charge in [-0.3, -0.25) is 14.3 Å². The molecule has 6 heteroatoms. The van der Waals surface area contributed by atoms with E-state index >= 15 is 0 Å². The predicted molar refractivity (Wildman–Crippen MR) is 96.1 cm³/mol. The molecular weight excluding hydrogens is 316 g/mol. The van der Waals surface area contributed by atoms with E-state index in [-0.39, 0.29) is 24.4 Å². The standard InChI is InChI=1S/C19H30N4O2/c1-15-12-16(2)23(20-15)13-17-8-5-7-11-22(17)19(25)14-21-10-6-3-4-9-18(21)24/h12,17H,3-11,13-14H2,1-2H3. The molecule has 0 aromatic carbocycles. The van der Waals surface area contributed by atoms with Crippen LogP contribution in [-0.4, -0.2) is 57.1 Å². The molecule has 0 N–H and O–H groups in total. The van der Waals surface area contributed by atoms with Crippen molar-refractivity contribution >= 4 is 11.8 Å². The van der Waals surface area contributed by atoms with Gasteiger partial charge in [-0.2, -0.15) is 5.10 Å². The minimum atomic E-state index is 0.0986. The van der Waals surface area contributed by atoms with Crippen molar-refractivity contribution in [2.45, 2.75) is 71.4 Å². The predicted octanol–water partition coefficient (Wildman–Crippen LogP) is 2.28. The summed E-state index contributed by atoms with van der Waals surface area (Å²) in [4.78, 5) is 28.9. The van der Waals surface area contributed by atoms with E-state index in [0.29, 0.717) is 6.42 Å².